The van der Waals surface area contributed by atoms with Crippen LogP contribution in [0.4, 0.5) is 0 Å². The molecule has 0 aliphatic rings. The summed E-state index contributed by atoms with van der Waals surface area (Å²) in [4.78, 5) is 33.6. The highest BCUT2D eigenvalue weighted by molar-refractivity contribution is 5.94. The summed E-state index contributed by atoms with van der Waals surface area (Å²) in [5, 5.41) is 0. The van der Waals surface area contributed by atoms with E-state index in [0.717, 1.165) is 19.3 Å². The van der Waals surface area contributed by atoms with Gasteiger partial charge in [-0.05, 0) is 25.7 Å². The van der Waals surface area contributed by atoms with Crippen molar-refractivity contribution in [1.82, 2.24) is 0 Å². The molecule has 0 aliphatic carbocycles. The number of methoxy groups -OCH3 is 3. The van der Waals surface area contributed by atoms with Crippen molar-refractivity contribution in [3.63, 3.8) is 0 Å². The Morgan fingerprint density at radius 2 is 1.50 bits per heavy atom. The van der Waals surface area contributed by atoms with Gasteiger partial charge in [0.15, 0.2) is 5.92 Å². The second-order valence-corrected chi connectivity index (χ2v) is 4.13. The first-order valence-electron chi connectivity index (χ1n) is 6.44. The first kappa shape index (κ1) is 18.1. The van der Waals surface area contributed by atoms with Crippen LogP contribution in [-0.2, 0) is 28.6 Å². The Balaban J connectivity index is 3.98. The zero-order chi connectivity index (χ0) is 15.4. The van der Waals surface area contributed by atoms with Gasteiger partial charge in [-0.1, -0.05) is 12.2 Å². The lowest BCUT2D eigenvalue weighted by atomic mass is 10.1. The third kappa shape index (κ3) is 7.56. The van der Waals surface area contributed by atoms with Crippen molar-refractivity contribution in [1.29, 1.82) is 0 Å². The van der Waals surface area contributed by atoms with Gasteiger partial charge in [0, 0.05) is 6.42 Å². The van der Waals surface area contributed by atoms with E-state index in [1.165, 1.54) is 21.3 Å². The largest absolute Gasteiger partial charge is 0.469 e. The quantitative estimate of drug-likeness (QED) is 0.211. The Kier molecular flexibility index (Phi) is 10.00. The van der Waals surface area contributed by atoms with Crippen molar-refractivity contribution in [2.75, 3.05) is 21.3 Å². The third-order valence-corrected chi connectivity index (χ3v) is 2.74. The van der Waals surface area contributed by atoms with Crippen LogP contribution in [0.15, 0.2) is 12.2 Å². The summed E-state index contributed by atoms with van der Waals surface area (Å²) in [5.41, 5.74) is 0. The summed E-state index contributed by atoms with van der Waals surface area (Å²) in [5.74, 6) is -2.35. The average Bonchev–Trinajstić information content (AvgIpc) is 2.48. The van der Waals surface area contributed by atoms with Crippen LogP contribution < -0.4 is 0 Å². The summed E-state index contributed by atoms with van der Waals surface area (Å²) in [7, 11) is 3.83. The zero-order valence-corrected chi connectivity index (χ0v) is 12.2. The van der Waals surface area contributed by atoms with Gasteiger partial charge in [-0.15, -0.1) is 0 Å². The van der Waals surface area contributed by atoms with Crippen molar-refractivity contribution >= 4 is 17.9 Å². The Morgan fingerprint density at radius 1 is 0.900 bits per heavy atom. The van der Waals surface area contributed by atoms with Crippen molar-refractivity contribution in [2.24, 2.45) is 5.92 Å². The molecule has 6 heteroatoms. The minimum absolute atomic E-state index is 0.217. The van der Waals surface area contributed by atoms with Crippen LogP contribution in [-0.4, -0.2) is 39.2 Å². The molecule has 0 heterocycles. The summed E-state index contributed by atoms with van der Waals surface area (Å²) in [6.07, 6.45) is 6.62. The number of ether oxygens (including phenoxy) is 3. The van der Waals surface area contributed by atoms with Gasteiger partial charge in [0.05, 0.1) is 21.3 Å². The summed E-state index contributed by atoms with van der Waals surface area (Å²) in [6, 6.07) is 0. The van der Waals surface area contributed by atoms with Crippen molar-refractivity contribution < 1.29 is 28.6 Å². The van der Waals surface area contributed by atoms with Crippen LogP contribution in [0.2, 0.25) is 0 Å². The smallest absolute Gasteiger partial charge is 0.320 e. The van der Waals surface area contributed by atoms with Gasteiger partial charge in [0.25, 0.3) is 0 Å². The second-order valence-electron chi connectivity index (χ2n) is 4.13. The zero-order valence-electron chi connectivity index (χ0n) is 12.2. The van der Waals surface area contributed by atoms with E-state index in [4.69, 9.17) is 0 Å². The molecule has 0 bridgehead atoms. The maximum absolute atomic E-state index is 11.4. The number of carbonyl (C=O) groups excluding carboxylic acids is 3. The number of rotatable bonds is 9. The van der Waals surface area contributed by atoms with Gasteiger partial charge in [0.1, 0.15) is 0 Å². The van der Waals surface area contributed by atoms with Crippen LogP contribution in [0.25, 0.3) is 0 Å². The Bertz CT molecular complexity index is 332. The van der Waals surface area contributed by atoms with Crippen LogP contribution in [0.5, 0.6) is 0 Å². The molecule has 0 N–H and O–H groups in total. The molecular formula is C14H22O6. The molecular weight excluding hydrogens is 264 g/mol. The topological polar surface area (TPSA) is 78.9 Å². The van der Waals surface area contributed by atoms with Gasteiger partial charge in [-0.3, -0.25) is 14.4 Å². The fraction of sp³-hybridized carbons (Fsp3) is 0.643. The molecule has 114 valence electrons. The monoisotopic (exact) mass is 286 g/mol. The van der Waals surface area contributed by atoms with E-state index in [-0.39, 0.29) is 12.4 Å². The standard InChI is InChI=1S/C14H22O6/c1-18-12(15)10-8-6-4-5-7-9-11(13(16)19-2)14(17)20-3/h5,7,11H,4,6,8-10H2,1-3H3/b7-5+. The lowest BCUT2D eigenvalue weighted by Gasteiger charge is -2.09. The van der Waals surface area contributed by atoms with Crippen molar-refractivity contribution in [2.45, 2.75) is 32.1 Å². The summed E-state index contributed by atoms with van der Waals surface area (Å²) >= 11 is 0. The number of carbonyl (C=O) groups is 3. The molecule has 0 rings (SSSR count). The van der Waals surface area contributed by atoms with E-state index in [1.807, 2.05) is 6.08 Å². The average molecular weight is 286 g/mol. The Morgan fingerprint density at radius 3 is 2.00 bits per heavy atom. The molecule has 0 aromatic rings. The predicted molar refractivity (Wildman–Crippen MR) is 71.8 cm³/mol. The van der Waals surface area contributed by atoms with E-state index < -0.39 is 17.9 Å². The molecule has 6 nitrogen and oxygen atoms in total. The highest BCUT2D eigenvalue weighted by Gasteiger charge is 2.26. The van der Waals surface area contributed by atoms with Gasteiger partial charge in [-0.25, -0.2) is 0 Å². The van der Waals surface area contributed by atoms with Gasteiger partial charge in [0.2, 0.25) is 0 Å². The normalized spacial score (nSPS) is 10.6. The Labute approximate surface area is 119 Å². The van der Waals surface area contributed by atoms with Gasteiger partial charge < -0.3 is 14.2 Å². The van der Waals surface area contributed by atoms with Crippen LogP contribution in [0.1, 0.15) is 32.1 Å². The number of hydrogen-bond donors (Lipinski definition) is 0. The minimum atomic E-state index is -0.920. The SMILES string of the molecule is COC(=O)CCCC/C=C/CC(C(=O)OC)C(=O)OC. The second kappa shape index (κ2) is 11.0. The third-order valence-electron chi connectivity index (χ3n) is 2.74. The van der Waals surface area contributed by atoms with E-state index in [2.05, 4.69) is 14.2 Å². The number of allylic oxidation sites excluding steroid dienone is 2. The minimum Gasteiger partial charge on any atom is -0.469 e. The predicted octanol–water partition coefficient (Wildman–Crippen LogP) is 1.63. The first-order chi connectivity index (χ1) is 9.56. The van der Waals surface area contributed by atoms with E-state index in [0.29, 0.717) is 6.42 Å². The molecule has 0 amide bonds. The molecule has 0 aromatic carbocycles. The molecule has 20 heavy (non-hydrogen) atoms. The molecule has 0 aromatic heterocycles. The highest BCUT2D eigenvalue weighted by Crippen LogP contribution is 2.10. The van der Waals surface area contributed by atoms with E-state index >= 15 is 0 Å². The highest BCUT2D eigenvalue weighted by atomic mass is 16.5. The fourth-order valence-electron chi connectivity index (χ4n) is 1.56. The van der Waals surface area contributed by atoms with Gasteiger partial charge in [-0.2, -0.15) is 0 Å². The molecule has 0 aliphatic heterocycles. The molecule has 0 unspecified atom stereocenters. The molecule has 0 saturated heterocycles. The number of esters is 3. The number of unbranched alkanes of at least 4 members (excludes halogenated alkanes) is 2. The first-order valence-corrected chi connectivity index (χ1v) is 6.44. The van der Waals surface area contributed by atoms with Crippen molar-refractivity contribution in [3.8, 4) is 0 Å². The van der Waals surface area contributed by atoms with E-state index in [1.54, 1.807) is 6.08 Å². The van der Waals surface area contributed by atoms with Gasteiger partial charge >= 0.3 is 17.9 Å². The summed E-state index contributed by atoms with van der Waals surface area (Å²) in [6.45, 7) is 0. The van der Waals surface area contributed by atoms with Crippen molar-refractivity contribution in [3.05, 3.63) is 12.2 Å². The molecule has 0 radical (unpaired) electrons. The lowest BCUT2D eigenvalue weighted by molar-refractivity contribution is -0.158. The van der Waals surface area contributed by atoms with Crippen LogP contribution in [0, 0.1) is 5.92 Å². The lowest BCUT2D eigenvalue weighted by Crippen LogP contribution is -2.25. The van der Waals surface area contributed by atoms with E-state index in [9.17, 15) is 14.4 Å². The maximum atomic E-state index is 11.4. The number of hydrogen-bond acceptors (Lipinski definition) is 6. The molecule has 0 fully saturated rings. The molecule has 0 saturated carbocycles. The van der Waals surface area contributed by atoms with Crippen LogP contribution in [0.3, 0.4) is 0 Å². The Hall–Kier alpha value is -1.85. The van der Waals surface area contributed by atoms with Crippen LogP contribution >= 0.6 is 0 Å². The summed E-state index contributed by atoms with van der Waals surface area (Å²) < 4.78 is 13.6. The maximum Gasteiger partial charge on any atom is 0.320 e. The molecule has 0 atom stereocenters. The fourth-order valence-corrected chi connectivity index (χ4v) is 1.56. The molecule has 0 spiro atoms.